The van der Waals surface area contributed by atoms with E-state index in [0.29, 0.717) is 11.5 Å². The summed E-state index contributed by atoms with van der Waals surface area (Å²) in [6.45, 7) is 1.86. The third-order valence-corrected chi connectivity index (χ3v) is 7.17. The molecule has 0 bridgehead atoms. The molecule has 0 radical (unpaired) electrons. The molecule has 0 unspecified atom stereocenters. The Hall–Kier alpha value is -4.84. The molecule has 3 heterocycles. The van der Waals surface area contributed by atoms with Gasteiger partial charge in [0.1, 0.15) is 18.0 Å². The fourth-order valence-corrected chi connectivity index (χ4v) is 5.33. The van der Waals surface area contributed by atoms with Crippen LogP contribution in [0.2, 0.25) is 0 Å². The SMILES string of the molecule is Fc1cccc(Nc2cc(-c3cccc4nc5c(N6CCc7ccccc7C6)cccc5cc34)ncn2)c1. The first-order valence-corrected chi connectivity index (χ1v) is 12.7. The topological polar surface area (TPSA) is 53.9 Å². The Bertz CT molecular complexity index is 1820. The van der Waals surface area contributed by atoms with Crippen molar-refractivity contribution in [3.05, 3.63) is 120 Å². The van der Waals surface area contributed by atoms with E-state index in [-0.39, 0.29) is 5.82 Å². The minimum atomic E-state index is -0.301. The van der Waals surface area contributed by atoms with Crippen molar-refractivity contribution in [2.24, 2.45) is 0 Å². The second-order valence-corrected chi connectivity index (χ2v) is 9.57. The van der Waals surface area contributed by atoms with E-state index in [1.807, 2.05) is 18.2 Å². The van der Waals surface area contributed by atoms with Gasteiger partial charge in [-0.25, -0.2) is 19.3 Å². The summed E-state index contributed by atoms with van der Waals surface area (Å²) in [7, 11) is 0. The highest BCUT2D eigenvalue weighted by Gasteiger charge is 2.19. The Morgan fingerprint density at radius 2 is 1.66 bits per heavy atom. The van der Waals surface area contributed by atoms with Crippen molar-refractivity contribution in [3.63, 3.8) is 0 Å². The van der Waals surface area contributed by atoms with E-state index in [4.69, 9.17) is 4.98 Å². The number of nitrogens with zero attached hydrogens (tertiary/aromatic N) is 4. The lowest BCUT2D eigenvalue weighted by atomic mass is 9.98. The van der Waals surface area contributed by atoms with Crippen LogP contribution in [0.25, 0.3) is 33.1 Å². The molecule has 6 aromatic rings. The van der Waals surface area contributed by atoms with Gasteiger partial charge in [-0.15, -0.1) is 0 Å². The van der Waals surface area contributed by atoms with Crippen molar-refractivity contribution >= 4 is 39.0 Å². The van der Waals surface area contributed by atoms with Crippen molar-refractivity contribution in [2.45, 2.75) is 13.0 Å². The number of anilines is 3. The first-order valence-electron chi connectivity index (χ1n) is 12.7. The zero-order chi connectivity index (χ0) is 25.5. The predicted molar refractivity (Wildman–Crippen MR) is 151 cm³/mol. The van der Waals surface area contributed by atoms with Crippen molar-refractivity contribution < 1.29 is 4.39 Å². The van der Waals surface area contributed by atoms with E-state index in [2.05, 4.69) is 74.8 Å². The molecule has 6 heteroatoms. The van der Waals surface area contributed by atoms with Crippen LogP contribution in [0.15, 0.2) is 103 Å². The van der Waals surface area contributed by atoms with Crippen LogP contribution in [-0.2, 0) is 13.0 Å². The Morgan fingerprint density at radius 3 is 2.58 bits per heavy atom. The smallest absolute Gasteiger partial charge is 0.134 e. The summed E-state index contributed by atoms with van der Waals surface area (Å²) in [5, 5.41) is 5.29. The molecule has 2 aromatic heterocycles. The average Bonchev–Trinajstić information content (AvgIpc) is 2.95. The van der Waals surface area contributed by atoms with Crippen molar-refractivity contribution in [3.8, 4) is 11.3 Å². The normalized spacial score (nSPS) is 13.0. The lowest BCUT2D eigenvalue weighted by Gasteiger charge is -2.31. The molecule has 1 aliphatic rings. The Balaban J connectivity index is 1.28. The van der Waals surface area contributed by atoms with Crippen LogP contribution >= 0.6 is 0 Å². The summed E-state index contributed by atoms with van der Waals surface area (Å²) in [5.41, 5.74) is 8.27. The number of nitrogens with one attached hydrogen (secondary N) is 1. The van der Waals surface area contributed by atoms with Crippen LogP contribution in [0, 0.1) is 5.82 Å². The van der Waals surface area contributed by atoms with Gasteiger partial charge in [-0.3, -0.25) is 0 Å². The van der Waals surface area contributed by atoms with Crippen LogP contribution < -0.4 is 10.2 Å². The van der Waals surface area contributed by atoms with Gasteiger partial charge in [0.05, 0.1) is 22.4 Å². The zero-order valence-corrected chi connectivity index (χ0v) is 20.6. The summed E-state index contributed by atoms with van der Waals surface area (Å²) in [6, 6.07) is 31.6. The fourth-order valence-electron chi connectivity index (χ4n) is 5.33. The van der Waals surface area contributed by atoms with Crippen LogP contribution in [0.5, 0.6) is 0 Å². The van der Waals surface area contributed by atoms with E-state index in [1.54, 1.807) is 12.1 Å². The average molecular weight is 498 g/mol. The van der Waals surface area contributed by atoms with E-state index >= 15 is 0 Å². The molecule has 0 fully saturated rings. The molecule has 0 spiro atoms. The molecular weight excluding hydrogens is 473 g/mol. The van der Waals surface area contributed by atoms with Crippen molar-refractivity contribution in [1.82, 2.24) is 15.0 Å². The first kappa shape index (κ1) is 22.4. The molecule has 0 saturated carbocycles. The molecule has 4 aromatic carbocycles. The number of fused-ring (bicyclic) bond motifs is 3. The standard InChI is InChI=1S/C32H24FN5/c33-24-9-4-10-25(17-24)36-31-18-29(34-20-35-31)26-11-5-12-28-27(26)16-22-8-3-13-30(32(22)37-28)38-15-14-21-6-1-2-7-23(21)19-38/h1-13,16-18,20H,14-15,19H2,(H,34,35,36). The minimum absolute atomic E-state index is 0.301. The van der Waals surface area contributed by atoms with Gasteiger partial charge >= 0.3 is 0 Å². The number of rotatable bonds is 4. The summed E-state index contributed by atoms with van der Waals surface area (Å²) in [4.78, 5) is 16.5. The number of halogens is 1. The highest BCUT2D eigenvalue weighted by atomic mass is 19.1. The molecule has 0 atom stereocenters. The van der Waals surface area contributed by atoms with Gasteiger partial charge in [-0.1, -0.05) is 54.6 Å². The third-order valence-electron chi connectivity index (χ3n) is 7.17. The molecule has 1 N–H and O–H groups in total. The van der Waals surface area contributed by atoms with Crippen molar-refractivity contribution in [1.29, 1.82) is 0 Å². The highest BCUT2D eigenvalue weighted by molar-refractivity contribution is 6.03. The van der Waals surface area contributed by atoms with Gasteiger partial charge in [-0.05, 0) is 53.9 Å². The van der Waals surface area contributed by atoms with Gasteiger partial charge in [0, 0.05) is 41.2 Å². The van der Waals surface area contributed by atoms with Crippen LogP contribution in [-0.4, -0.2) is 21.5 Å². The molecule has 1 aliphatic heterocycles. The number of para-hydroxylation sites is 1. The van der Waals surface area contributed by atoms with Gasteiger partial charge in [0.2, 0.25) is 0 Å². The number of benzene rings is 4. The first-order chi connectivity index (χ1) is 18.7. The fraction of sp³-hybridized carbons (Fsp3) is 0.0938. The largest absolute Gasteiger partial charge is 0.365 e. The monoisotopic (exact) mass is 497 g/mol. The second-order valence-electron chi connectivity index (χ2n) is 9.57. The van der Waals surface area contributed by atoms with Crippen molar-refractivity contribution in [2.75, 3.05) is 16.8 Å². The van der Waals surface area contributed by atoms with Gasteiger partial charge in [0.25, 0.3) is 0 Å². The molecule has 0 aliphatic carbocycles. The van der Waals surface area contributed by atoms with E-state index in [9.17, 15) is 4.39 Å². The lowest BCUT2D eigenvalue weighted by Crippen LogP contribution is -2.30. The maximum atomic E-state index is 13.6. The Kier molecular flexibility index (Phi) is 5.43. The molecule has 5 nitrogen and oxygen atoms in total. The maximum absolute atomic E-state index is 13.6. The number of pyridine rings is 1. The Morgan fingerprint density at radius 1 is 0.789 bits per heavy atom. The molecule has 7 rings (SSSR count). The summed E-state index contributed by atoms with van der Waals surface area (Å²) < 4.78 is 13.6. The summed E-state index contributed by atoms with van der Waals surface area (Å²) in [5.74, 6) is 0.295. The van der Waals surface area contributed by atoms with Gasteiger partial charge in [-0.2, -0.15) is 0 Å². The summed E-state index contributed by atoms with van der Waals surface area (Å²) in [6.07, 6.45) is 2.56. The molecule has 0 amide bonds. The highest BCUT2D eigenvalue weighted by Crippen LogP contribution is 2.35. The predicted octanol–water partition coefficient (Wildman–Crippen LogP) is 7.29. The minimum Gasteiger partial charge on any atom is -0.365 e. The maximum Gasteiger partial charge on any atom is 0.134 e. The quantitative estimate of drug-likeness (QED) is 0.259. The second kappa shape index (κ2) is 9.23. The zero-order valence-electron chi connectivity index (χ0n) is 20.6. The molecule has 0 saturated heterocycles. The van der Waals surface area contributed by atoms with E-state index < -0.39 is 0 Å². The molecular formula is C32H24FN5. The van der Waals surface area contributed by atoms with Crippen LogP contribution in [0.1, 0.15) is 11.1 Å². The molecule has 184 valence electrons. The van der Waals surface area contributed by atoms with Crippen LogP contribution in [0.4, 0.5) is 21.6 Å². The summed E-state index contributed by atoms with van der Waals surface area (Å²) >= 11 is 0. The van der Waals surface area contributed by atoms with Crippen LogP contribution in [0.3, 0.4) is 0 Å². The lowest BCUT2D eigenvalue weighted by molar-refractivity contribution is 0.628. The van der Waals surface area contributed by atoms with Gasteiger partial charge in [0.15, 0.2) is 0 Å². The third kappa shape index (κ3) is 4.10. The van der Waals surface area contributed by atoms with E-state index in [0.717, 1.165) is 58.3 Å². The number of hydrogen-bond donors (Lipinski definition) is 1. The number of hydrogen-bond acceptors (Lipinski definition) is 5. The molecule has 38 heavy (non-hydrogen) atoms. The Labute approximate surface area is 219 Å². The van der Waals surface area contributed by atoms with E-state index in [1.165, 1.54) is 29.6 Å². The van der Waals surface area contributed by atoms with Gasteiger partial charge < -0.3 is 10.2 Å². The number of aromatic nitrogens is 3.